The predicted octanol–water partition coefficient (Wildman–Crippen LogP) is 6.45. The number of benzene rings is 4. The van der Waals surface area contributed by atoms with Gasteiger partial charge in [-0.3, -0.25) is 4.79 Å². The summed E-state index contributed by atoms with van der Waals surface area (Å²) < 4.78 is 8.10. The van der Waals surface area contributed by atoms with Gasteiger partial charge in [0.15, 0.2) is 0 Å². The summed E-state index contributed by atoms with van der Waals surface area (Å²) in [6.45, 7) is 1.27. The van der Waals surface area contributed by atoms with Gasteiger partial charge >= 0.3 is 0 Å². The smallest absolute Gasteiger partial charge is 0.247 e. The van der Waals surface area contributed by atoms with Crippen molar-refractivity contribution >= 4 is 22.5 Å². The van der Waals surface area contributed by atoms with E-state index in [9.17, 15) is 4.79 Å². The summed E-state index contributed by atoms with van der Waals surface area (Å²) in [5, 5.41) is 1.00. The maximum absolute atomic E-state index is 13.5. The highest BCUT2D eigenvalue weighted by Crippen LogP contribution is 2.28. The summed E-state index contributed by atoms with van der Waals surface area (Å²) in [5.41, 5.74) is 4.08. The first-order chi connectivity index (χ1) is 16.8. The maximum atomic E-state index is 13.5. The van der Waals surface area contributed by atoms with Gasteiger partial charge in [-0.1, -0.05) is 84.9 Å². The number of fused-ring (bicyclic) bond motifs is 1. The van der Waals surface area contributed by atoms with Crippen LogP contribution in [-0.2, 0) is 24.5 Å². The molecule has 0 radical (unpaired) electrons. The van der Waals surface area contributed by atoms with Gasteiger partial charge in [0, 0.05) is 17.3 Å². The quantitative estimate of drug-likeness (QED) is 0.274. The Morgan fingerprint density at radius 2 is 1.35 bits per heavy atom. The molecule has 168 valence electrons. The zero-order valence-electron chi connectivity index (χ0n) is 18.9. The van der Waals surface area contributed by atoms with Crippen LogP contribution >= 0.6 is 0 Å². The number of amides is 1. The molecule has 0 unspecified atom stereocenters. The van der Waals surface area contributed by atoms with Gasteiger partial charge < -0.3 is 14.2 Å². The van der Waals surface area contributed by atoms with Crippen molar-refractivity contribution in [3.63, 3.8) is 0 Å². The fourth-order valence-corrected chi connectivity index (χ4v) is 4.12. The van der Waals surface area contributed by atoms with Crippen molar-refractivity contribution in [1.29, 1.82) is 0 Å². The number of rotatable bonds is 8. The lowest BCUT2D eigenvalue weighted by Gasteiger charge is -2.23. The van der Waals surface area contributed by atoms with Crippen molar-refractivity contribution in [3.8, 4) is 5.75 Å². The van der Waals surface area contributed by atoms with Gasteiger partial charge in [0.25, 0.3) is 0 Å². The van der Waals surface area contributed by atoms with Crippen LogP contribution in [0.1, 0.15) is 11.1 Å². The van der Waals surface area contributed by atoms with E-state index in [2.05, 4.69) is 12.1 Å². The van der Waals surface area contributed by atoms with E-state index in [1.165, 1.54) is 0 Å². The molecule has 4 aromatic carbocycles. The van der Waals surface area contributed by atoms with E-state index < -0.39 is 0 Å². The summed E-state index contributed by atoms with van der Waals surface area (Å²) in [6, 6.07) is 38.0. The van der Waals surface area contributed by atoms with Crippen LogP contribution in [0.4, 0.5) is 5.69 Å². The Hall–Kier alpha value is -4.31. The lowest BCUT2D eigenvalue weighted by molar-refractivity contribution is -0.119. The van der Waals surface area contributed by atoms with E-state index in [-0.39, 0.29) is 12.5 Å². The molecule has 0 aliphatic heterocycles. The molecule has 1 aromatic heterocycles. The summed E-state index contributed by atoms with van der Waals surface area (Å²) in [5.74, 6) is 0.847. The van der Waals surface area contributed by atoms with Crippen LogP contribution in [0, 0.1) is 0 Å². The molecular weight excluding hydrogens is 420 g/mol. The predicted molar refractivity (Wildman–Crippen MR) is 137 cm³/mol. The van der Waals surface area contributed by atoms with Crippen molar-refractivity contribution in [2.24, 2.45) is 0 Å². The third kappa shape index (κ3) is 4.86. The highest BCUT2D eigenvalue weighted by Gasteiger charge is 2.18. The minimum atomic E-state index is 0.0307. The molecule has 0 saturated heterocycles. The van der Waals surface area contributed by atoms with Crippen LogP contribution in [0.15, 0.2) is 121 Å². The maximum Gasteiger partial charge on any atom is 0.247 e. The highest BCUT2D eigenvalue weighted by atomic mass is 16.5. The fourth-order valence-electron chi connectivity index (χ4n) is 4.12. The largest absolute Gasteiger partial charge is 0.488 e. The van der Waals surface area contributed by atoms with E-state index in [0.717, 1.165) is 33.5 Å². The Morgan fingerprint density at radius 1 is 0.706 bits per heavy atom. The van der Waals surface area contributed by atoms with Crippen LogP contribution in [0.2, 0.25) is 0 Å². The standard InChI is InChI=1S/C30H26N2O2/c33-30(32(26-15-8-3-9-16-26)21-24-11-4-1-5-12-24)22-31-20-19-27-28(31)17-10-18-29(27)34-23-25-13-6-2-7-14-25/h1-20H,21-23H2. The number of carbonyl (C=O) groups is 1. The molecule has 4 nitrogen and oxygen atoms in total. The van der Waals surface area contributed by atoms with Gasteiger partial charge in [-0.05, 0) is 41.5 Å². The molecule has 0 aliphatic rings. The number of aromatic nitrogens is 1. The third-order valence-corrected chi connectivity index (χ3v) is 5.87. The minimum absolute atomic E-state index is 0.0307. The average Bonchev–Trinajstić information content (AvgIpc) is 3.31. The van der Waals surface area contributed by atoms with Crippen LogP contribution in [0.3, 0.4) is 0 Å². The number of hydrogen-bond acceptors (Lipinski definition) is 2. The van der Waals surface area contributed by atoms with Gasteiger partial charge in [0.1, 0.15) is 18.9 Å². The molecule has 0 fully saturated rings. The summed E-state index contributed by atoms with van der Waals surface area (Å²) in [6.07, 6.45) is 1.96. The Balaban J connectivity index is 1.38. The Kier molecular flexibility index (Phi) is 6.39. The molecule has 0 saturated carbocycles. The lowest BCUT2D eigenvalue weighted by atomic mass is 10.2. The number of anilines is 1. The van der Waals surface area contributed by atoms with Gasteiger partial charge in [0.05, 0.1) is 12.1 Å². The van der Waals surface area contributed by atoms with Gasteiger partial charge in [-0.25, -0.2) is 0 Å². The SMILES string of the molecule is O=C(Cn1ccc2c(OCc3ccccc3)cccc21)N(Cc1ccccc1)c1ccccc1. The molecule has 5 rings (SSSR count). The van der Waals surface area contributed by atoms with E-state index in [4.69, 9.17) is 4.74 Å². The van der Waals surface area contributed by atoms with E-state index in [1.807, 2.05) is 119 Å². The molecule has 0 bridgehead atoms. The van der Waals surface area contributed by atoms with E-state index in [1.54, 1.807) is 0 Å². The highest BCUT2D eigenvalue weighted by molar-refractivity contribution is 5.95. The second-order valence-electron chi connectivity index (χ2n) is 8.21. The number of ether oxygens (including phenoxy) is 1. The Labute approximate surface area is 199 Å². The Bertz CT molecular complexity index is 1360. The molecule has 34 heavy (non-hydrogen) atoms. The van der Waals surface area contributed by atoms with Crippen molar-refractivity contribution in [2.45, 2.75) is 19.7 Å². The van der Waals surface area contributed by atoms with Crippen LogP contribution in [0.5, 0.6) is 5.75 Å². The van der Waals surface area contributed by atoms with E-state index in [0.29, 0.717) is 13.2 Å². The Morgan fingerprint density at radius 3 is 2.06 bits per heavy atom. The molecule has 0 N–H and O–H groups in total. The lowest BCUT2D eigenvalue weighted by Crippen LogP contribution is -2.33. The second-order valence-corrected chi connectivity index (χ2v) is 8.21. The second kappa shape index (κ2) is 10.1. The van der Waals surface area contributed by atoms with E-state index >= 15 is 0 Å². The molecule has 0 aliphatic carbocycles. The first-order valence-electron chi connectivity index (χ1n) is 11.4. The molecule has 1 heterocycles. The zero-order valence-corrected chi connectivity index (χ0v) is 18.9. The number of carbonyl (C=O) groups excluding carboxylic acids is 1. The average molecular weight is 447 g/mol. The van der Waals surface area contributed by atoms with Crippen molar-refractivity contribution in [3.05, 3.63) is 133 Å². The van der Waals surface area contributed by atoms with Gasteiger partial charge in [-0.2, -0.15) is 0 Å². The minimum Gasteiger partial charge on any atom is -0.488 e. The van der Waals surface area contributed by atoms with Crippen molar-refractivity contribution in [1.82, 2.24) is 4.57 Å². The normalized spacial score (nSPS) is 10.8. The molecule has 0 atom stereocenters. The first kappa shape index (κ1) is 21.5. The van der Waals surface area contributed by atoms with Crippen molar-refractivity contribution < 1.29 is 9.53 Å². The van der Waals surface area contributed by atoms with Gasteiger partial charge in [0.2, 0.25) is 5.91 Å². The third-order valence-electron chi connectivity index (χ3n) is 5.87. The summed E-state index contributed by atoms with van der Waals surface area (Å²) >= 11 is 0. The fraction of sp³-hybridized carbons (Fsp3) is 0.100. The number of para-hydroxylation sites is 1. The molecule has 0 spiro atoms. The zero-order chi connectivity index (χ0) is 23.2. The molecular formula is C30H26N2O2. The topological polar surface area (TPSA) is 34.5 Å². The van der Waals surface area contributed by atoms with Crippen molar-refractivity contribution in [2.75, 3.05) is 4.90 Å². The summed E-state index contributed by atoms with van der Waals surface area (Å²) in [4.78, 5) is 15.4. The first-order valence-corrected chi connectivity index (χ1v) is 11.4. The van der Waals surface area contributed by atoms with Crippen LogP contribution < -0.4 is 9.64 Å². The summed E-state index contributed by atoms with van der Waals surface area (Å²) in [7, 11) is 0. The van der Waals surface area contributed by atoms with Crippen LogP contribution in [-0.4, -0.2) is 10.5 Å². The number of hydrogen-bond donors (Lipinski definition) is 0. The van der Waals surface area contributed by atoms with Gasteiger partial charge in [-0.15, -0.1) is 0 Å². The molecule has 1 amide bonds. The number of nitrogens with zero attached hydrogens (tertiary/aromatic N) is 2. The molecule has 5 aromatic rings. The van der Waals surface area contributed by atoms with Crippen LogP contribution in [0.25, 0.3) is 10.9 Å². The monoisotopic (exact) mass is 446 g/mol. The molecule has 4 heteroatoms.